The number of aryl methyl sites for hydroxylation is 1. The van der Waals surface area contributed by atoms with E-state index in [1.807, 2.05) is 6.07 Å². The molecule has 0 bridgehead atoms. The second kappa shape index (κ2) is 7.25. The van der Waals surface area contributed by atoms with Gasteiger partial charge in [0.15, 0.2) is 0 Å². The van der Waals surface area contributed by atoms with Gasteiger partial charge in [0.2, 0.25) is 11.9 Å². The highest BCUT2D eigenvalue weighted by Gasteiger charge is 2.23. The third-order valence-electron chi connectivity index (χ3n) is 5.80. The van der Waals surface area contributed by atoms with Crippen molar-refractivity contribution in [2.45, 2.75) is 32.6 Å². The zero-order valence-corrected chi connectivity index (χ0v) is 16.4. The predicted molar refractivity (Wildman–Crippen MR) is 112 cm³/mol. The van der Waals surface area contributed by atoms with E-state index < -0.39 is 0 Å². The lowest BCUT2D eigenvalue weighted by Crippen LogP contribution is -2.35. The van der Waals surface area contributed by atoms with Gasteiger partial charge in [-0.15, -0.1) is 0 Å². The van der Waals surface area contributed by atoms with Gasteiger partial charge in [-0.05, 0) is 49.8 Å². The van der Waals surface area contributed by atoms with Crippen LogP contribution in [0, 0.1) is 5.92 Å². The molecular formula is C21H29N5O. The number of fused-ring (bicyclic) bond motifs is 1. The van der Waals surface area contributed by atoms with E-state index in [1.54, 1.807) is 0 Å². The van der Waals surface area contributed by atoms with Crippen molar-refractivity contribution in [1.82, 2.24) is 9.55 Å². The summed E-state index contributed by atoms with van der Waals surface area (Å²) in [7, 11) is 2.10. The third-order valence-corrected chi connectivity index (χ3v) is 5.80. The number of carbonyl (C=O) groups excluding carboxylic acids is 1. The highest BCUT2D eigenvalue weighted by atomic mass is 16.1. The molecule has 6 nitrogen and oxygen atoms in total. The topological polar surface area (TPSA) is 53.4 Å². The summed E-state index contributed by atoms with van der Waals surface area (Å²) in [4.78, 5) is 21.6. The van der Waals surface area contributed by atoms with Crippen molar-refractivity contribution >= 4 is 34.3 Å². The van der Waals surface area contributed by atoms with Crippen molar-refractivity contribution in [2.24, 2.45) is 13.0 Å². The van der Waals surface area contributed by atoms with Crippen LogP contribution in [0.15, 0.2) is 24.8 Å². The summed E-state index contributed by atoms with van der Waals surface area (Å²) >= 11 is 0. The molecule has 0 saturated carbocycles. The fraction of sp³-hybridized carbons (Fsp3) is 0.524. The van der Waals surface area contributed by atoms with Gasteiger partial charge in [-0.1, -0.05) is 13.5 Å². The van der Waals surface area contributed by atoms with Gasteiger partial charge in [0.25, 0.3) is 0 Å². The fourth-order valence-corrected chi connectivity index (χ4v) is 4.37. The number of hydrogen-bond donors (Lipinski definition) is 1. The van der Waals surface area contributed by atoms with Crippen molar-refractivity contribution in [3.05, 3.63) is 24.8 Å². The Morgan fingerprint density at radius 3 is 2.67 bits per heavy atom. The van der Waals surface area contributed by atoms with Crippen LogP contribution in [-0.2, 0) is 11.8 Å². The molecule has 144 valence electrons. The van der Waals surface area contributed by atoms with Crippen molar-refractivity contribution < 1.29 is 4.79 Å². The van der Waals surface area contributed by atoms with Gasteiger partial charge in [-0.25, -0.2) is 4.98 Å². The van der Waals surface area contributed by atoms with E-state index in [-0.39, 0.29) is 5.91 Å². The van der Waals surface area contributed by atoms with E-state index in [1.165, 1.54) is 31.8 Å². The molecular weight excluding hydrogens is 338 g/mol. The van der Waals surface area contributed by atoms with Crippen LogP contribution in [0.25, 0.3) is 11.0 Å². The second-order valence-corrected chi connectivity index (χ2v) is 7.91. The molecule has 2 saturated heterocycles. The molecule has 2 aromatic rings. The summed E-state index contributed by atoms with van der Waals surface area (Å²) in [5, 5.41) is 2.98. The molecule has 4 rings (SSSR count). The minimum absolute atomic E-state index is 0.184. The first-order valence-electron chi connectivity index (χ1n) is 10.0. The second-order valence-electron chi connectivity index (χ2n) is 7.91. The number of anilines is 3. The molecule has 1 atom stereocenters. The standard InChI is InChI=1S/C21H29N5O/c1-4-20(27)22-17-12-16-18(13-19(17)25-9-5-6-10-25)24(3)21(23-16)26-11-7-8-15(2)14-26/h4,12-13,15H,1,5-11,14H2,2-3H3,(H,22,27)/t15-/m1/s1. The summed E-state index contributed by atoms with van der Waals surface area (Å²) in [6.07, 6.45) is 6.20. The smallest absolute Gasteiger partial charge is 0.247 e. The summed E-state index contributed by atoms with van der Waals surface area (Å²) in [5.74, 6) is 1.54. The van der Waals surface area contributed by atoms with Crippen LogP contribution in [0.2, 0.25) is 0 Å². The van der Waals surface area contributed by atoms with Crippen molar-refractivity contribution in [3.8, 4) is 0 Å². The fourth-order valence-electron chi connectivity index (χ4n) is 4.37. The normalized spacial score (nSPS) is 20.3. The Kier molecular flexibility index (Phi) is 4.81. The number of amides is 1. The molecule has 27 heavy (non-hydrogen) atoms. The van der Waals surface area contributed by atoms with Gasteiger partial charge in [-0.2, -0.15) is 0 Å². The maximum atomic E-state index is 12.0. The van der Waals surface area contributed by atoms with Gasteiger partial charge in [0.05, 0.1) is 22.4 Å². The van der Waals surface area contributed by atoms with Crippen molar-refractivity contribution in [3.63, 3.8) is 0 Å². The minimum Gasteiger partial charge on any atom is -0.370 e. The molecule has 0 unspecified atom stereocenters. The Balaban J connectivity index is 1.78. The number of rotatable bonds is 4. The molecule has 1 amide bonds. The molecule has 6 heteroatoms. The van der Waals surface area contributed by atoms with Gasteiger partial charge in [0.1, 0.15) is 0 Å². The number of imidazole rings is 1. The quantitative estimate of drug-likeness (QED) is 0.840. The number of nitrogens with zero attached hydrogens (tertiary/aromatic N) is 4. The van der Waals surface area contributed by atoms with E-state index in [4.69, 9.17) is 4.98 Å². The average Bonchev–Trinajstić information content (AvgIpc) is 3.29. The number of aromatic nitrogens is 2. The SMILES string of the molecule is C=CC(=O)Nc1cc2nc(N3CCC[C@@H](C)C3)n(C)c2cc1N1CCCC1. The van der Waals surface area contributed by atoms with Gasteiger partial charge < -0.3 is 19.7 Å². The van der Waals surface area contributed by atoms with E-state index in [0.29, 0.717) is 5.92 Å². The molecule has 2 aliphatic rings. The van der Waals surface area contributed by atoms with Crippen LogP contribution in [-0.4, -0.2) is 41.6 Å². The number of nitrogens with one attached hydrogen (secondary N) is 1. The zero-order chi connectivity index (χ0) is 19.0. The molecule has 1 aromatic heterocycles. The summed E-state index contributed by atoms with van der Waals surface area (Å²) in [6, 6.07) is 4.20. The Morgan fingerprint density at radius 2 is 1.96 bits per heavy atom. The largest absolute Gasteiger partial charge is 0.370 e. The first-order chi connectivity index (χ1) is 13.1. The van der Waals surface area contributed by atoms with Gasteiger partial charge >= 0.3 is 0 Å². The van der Waals surface area contributed by atoms with Crippen LogP contribution in [0.3, 0.4) is 0 Å². The first-order valence-corrected chi connectivity index (χ1v) is 10.0. The molecule has 2 aliphatic heterocycles. The maximum Gasteiger partial charge on any atom is 0.247 e. The van der Waals surface area contributed by atoms with Crippen molar-refractivity contribution in [2.75, 3.05) is 41.3 Å². The van der Waals surface area contributed by atoms with E-state index >= 15 is 0 Å². The van der Waals surface area contributed by atoms with Gasteiger partial charge in [0, 0.05) is 33.2 Å². The summed E-state index contributed by atoms with van der Waals surface area (Å²) < 4.78 is 2.20. The summed E-state index contributed by atoms with van der Waals surface area (Å²) in [6.45, 7) is 10.0. The van der Waals surface area contributed by atoms with Crippen LogP contribution in [0.1, 0.15) is 32.6 Å². The number of carbonyl (C=O) groups is 1. The van der Waals surface area contributed by atoms with E-state index in [2.05, 4.69) is 46.3 Å². The highest BCUT2D eigenvalue weighted by molar-refractivity contribution is 6.03. The molecule has 0 spiro atoms. The first kappa shape index (κ1) is 17.9. The molecule has 2 fully saturated rings. The lowest BCUT2D eigenvalue weighted by Gasteiger charge is -2.31. The molecule has 1 aromatic carbocycles. The Labute approximate surface area is 160 Å². The number of benzene rings is 1. The third kappa shape index (κ3) is 3.40. The van der Waals surface area contributed by atoms with E-state index in [0.717, 1.165) is 54.5 Å². The average molecular weight is 367 g/mol. The minimum atomic E-state index is -0.184. The van der Waals surface area contributed by atoms with Crippen LogP contribution < -0.4 is 15.1 Å². The lowest BCUT2D eigenvalue weighted by molar-refractivity contribution is -0.111. The predicted octanol–water partition coefficient (Wildman–Crippen LogP) is 3.53. The summed E-state index contributed by atoms with van der Waals surface area (Å²) in [5.41, 5.74) is 3.94. The lowest BCUT2D eigenvalue weighted by atomic mass is 10.0. The van der Waals surface area contributed by atoms with Crippen molar-refractivity contribution in [1.29, 1.82) is 0 Å². The molecule has 0 radical (unpaired) electrons. The zero-order valence-electron chi connectivity index (χ0n) is 16.4. The molecule has 1 N–H and O–H groups in total. The maximum absolute atomic E-state index is 12.0. The Morgan fingerprint density at radius 1 is 1.22 bits per heavy atom. The number of hydrogen-bond acceptors (Lipinski definition) is 4. The van der Waals surface area contributed by atoms with E-state index in [9.17, 15) is 4.79 Å². The monoisotopic (exact) mass is 367 g/mol. The Hall–Kier alpha value is -2.50. The molecule has 0 aliphatic carbocycles. The Bertz CT molecular complexity index is 865. The van der Waals surface area contributed by atoms with Crippen LogP contribution in [0.4, 0.5) is 17.3 Å². The number of piperidine rings is 1. The van der Waals surface area contributed by atoms with Crippen LogP contribution in [0.5, 0.6) is 0 Å². The highest BCUT2D eigenvalue weighted by Crippen LogP contribution is 2.35. The molecule has 3 heterocycles. The van der Waals surface area contributed by atoms with Gasteiger partial charge in [-0.3, -0.25) is 4.79 Å². The van der Waals surface area contributed by atoms with Crippen LogP contribution >= 0.6 is 0 Å².